The summed E-state index contributed by atoms with van der Waals surface area (Å²) in [5.74, 6) is -1.34. The van der Waals surface area contributed by atoms with Gasteiger partial charge < -0.3 is 5.73 Å². The summed E-state index contributed by atoms with van der Waals surface area (Å²) < 4.78 is 1.80. The second kappa shape index (κ2) is 8.28. The Labute approximate surface area is 173 Å². The number of hydrogen-bond acceptors (Lipinski definition) is 5. The van der Waals surface area contributed by atoms with E-state index in [0.29, 0.717) is 25.8 Å². The quantitative estimate of drug-likeness (QED) is 0.608. The van der Waals surface area contributed by atoms with Gasteiger partial charge >= 0.3 is 0 Å². The van der Waals surface area contributed by atoms with Crippen LogP contribution in [0.3, 0.4) is 0 Å². The SMILES string of the molecule is NC(=O)c1ncccc1CCn1cc(-c2cccc(C3CCC(=O)NC3=O)c2)cn1. The van der Waals surface area contributed by atoms with Crippen molar-refractivity contribution >= 4 is 17.7 Å². The highest BCUT2D eigenvalue weighted by atomic mass is 16.2. The third kappa shape index (κ3) is 4.12. The minimum atomic E-state index is -0.544. The average molecular weight is 403 g/mol. The predicted octanol–water partition coefficient (Wildman–Crippen LogP) is 1.81. The van der Waals surface area contributed by atoms with Crippen molar-refractivity contribution in [1.82, 2.24) is 20.1 Å². The molecule has 1 atom stereocenters. The number of benzene rings is 1. The Kier molecular flexibility index (Phi) is 5.38. The van der Waals surface area contributed by atoms with Crippen molar-refractivity contribution in [2.24, 2.45) is 5.73 Å². The number of aryl methyl sites for hydroxylation is 2. The van der Waals surface area contributed by atoms with Gasteiger partial charge in [-0.3, -0.25) is 29.4 Å². The van der Waals surface area contributed by atoms with E-state index in [1.165, 1.54) is 0 Å². The van der Waals surface area contributed by atoms with E-state index in [-0.39, 0.29) is 23.4 Å². The fourth-order valence-corrected chi connectivity index (χ4v) is 3.68. The van der Waals surface area contributed by atoms with Gasteiger partial charge in [-0.15, -0.1) is 0 Å². The second-order valence-corrected chi connectivity index (χ2v) is 7.25. The lowest BCUT2D eigenvalue weighted by Crippen LogP contribution is -2.39. The molecule has 2 aromatic heterocycles. The van der Waals surface area contributed by atoms with Gasteiger partial charge in [0.25, 0.3) is 5.91 Å². The van der Waals surface area contributed by atoms with E-state index in [0.717, 1.165) is 22.3 Å². The summed E-state index contributed by atoms with van der Waals surface area (Å²) in [6.07, 6.45) is 6.67. The Morgan fingerprint density at radius 2 is 2.07 bits per heavy atom. The molecule has 3 amide bonds. The topological polar surface area (TPSA) is 120 Å². The van der Waals surface area contributed by atoms with Gasteiger partial charge in [-0.25, -0.2) is 0 Å². The number of nitrogens with one attached hydrogen (secondary N) is 1. The standard InChI is InChI=1S/C22H21N5O3/c23-21(29)20-14(5-2-9-24-20)8-10-27-13-17(12-25-27)15-3-1-4-16(11-15)18-6-7-19(28)26-22(18)30/h1-5,9,11-13,18H,6-8,10H2,(H2,23,29)(H,26,28,30). The first-order valence-electron chi connectivity index (χ1n) is 9.71. The number of carbonyl (C=O) groups excluding carboxylic acids is 3. The van der Waals surface area contributed by atoms with Crippen molar-refractivity contribution < 1.29 is 14.4 Å². The molecule has 8 nitrogen and oxygen atoms in total. The van der Waals surface area contributed by atoms with Gasteiger partial charge in [-0.05, 0) is 35.6 Å². The van der Waals surface area contributed by atoms with E-state index in [1.54, 1.807) is 23.1 Å². The molecule has 1 saturated heterocycles. The summed E-state index contributed by atoms with van der Waals surface area (Å²) in [4.78, 5) is 39.1. The van der Waals surface area contributed by atoms with Gasteiger partial charge in [-0.1, -0.05) is 30.3 Å². The Bertz CT molecular complexity index is 1120. The maximum atomic E-state index is 12.2. The number of imide groups is 1. The number of nitrogens with zero attached hydrogens (tertiary/aromatic N) is 3. The number of carbonyl (C=O) groups is 3. The van der Waals surface area contributed by atoms with Crippen molar-refractivity contribution in [3.05, 3.63) is 71.8 Å². The van der Waals surface area contributed by atoms with Crippen LogP contribution < -0.4 is 11.1 Å². The molecule has 3 N–H and O–H groups in total. The molecule has 4 rings (SSSR count). The first-order chi connectivity index (χ1) is 14.5. The highest BCUT2D eigenvalue weighted by molar-refractivity contribution is 6.01. The minimum absolute atomic E-state index is 0.221. The molecule has 1 aliphatic heterocycles. The third-order valence-corrected chi connectivity index (χ3v) is 5.23. The normalized spacial score (nSPS) is 16.3. The molecule has 1 unspecified atom stereocenters. The van der Waals surface area contributed by atoms with Crippen LogP contribution in [0, 0.1) is 0 Å². The molecular formula is C22H21N5O3. The van der Waals surface area contributed by atoms with Crippen molar-refractivity contribution in [2.75, 3.05) is 0 Å². The zero-order valence-corrected chi connectivity index (χ0v) is 16.2. The van der Waals surface area contributed by atoms with Gasteiger partial charge in [0.1, 0.15) is 5.69 Å². The molecule has 30 heavy (non-hydrogen) atoms. The molecule has 3 heterocycles. The number of primary amides is 1. The fraction of sp³-hybridized carbons (Fsp3) is 0.227. The van der Waals surface area contributed by atoms with Crippen molar-refractivity contribution in [2.45, 2.75) is 31.7 Å². The number of aromatic nitrogens is 3. The van der Waals surface area contributed by atoms with E-state index in [4.69, 9.17) is 5.73 Å². The lowest BCUT2D eigenvalue weighted by molar-refractivity contribution is -0.134. The van der Waals surface area contributed by atoms with Crippen LogP contribution in [0.25, 0.3) is 11.1 Å². The van der Waals surface area contributed by atoms with E-state index in [9.17, 15) is 14.4 Å². The summed E-state index contributed by atoms with van der Waals surface area (Å²) in [6, 6.07) is 11.3. The summed E-state index contributed by atoms with van der Waals surface area (Å²) in [7, 11) is 0. The predicted molar refractivity (Wildman–Crippen MR) is 109 cm³/mol. The van der Waals surface area contributed by atoms with Gasteiger partial charge in [0.15, 0.2) is 0 Å². The number of pyridine rings is 1. The molecular weight excluding hydrogens is 382 g/mol. The average Bonchev–Trinajstić information content (AvgIpc) is 3.21. The summed E-state index contributed by atoms with van der Waals surface area (Å²) in [6.45, 7) is 0.568. The van der Waals surface area contributed by atoms with Crippen molar-refractivity contribution in [1.29, 1.82) is 0 Å². The molecule has 0 bridgehead atoms. The molecule has 3 aromatic rings. The van der Waals surface area contributed by atoms with E-state index in [1.807, 2.05) is 36.5 Å². The molecule has 1 aromatic carbocycles. The van der Waals surface area contributed by atoms with Crippen LogP contribution in [-0.2, 0) is 22.6 Å². The minimum Gasteiger partial charge on any atom is -0.364 e. The number of hydrogen-bond donors (Lipinski definition) is 2. The summed E-state index contributed by atoms with van der Waals surface area (Å²) in [5, 5.41) is 6.81. The smallest absolute Gasteiger partial charge is 0.267 e. The van der Waals surface area contributed by atoms with Crippen LogP contribution in [0.4, 0.5) is 0 Å². The Morgan fingerprint density at radius 3 is 2.87 bits per heavy atom. The van der Waals surface area contributed by atoms with E-state index < -0.39 is 5.91 Å². The lowest BCUT2D eigenvalue weighted by Gasteiger charge is -2.21. The number of piperidine rings is 1. The van der Waals surface area contributed by atoms with Gasteiger partial charge in [0, 0.05) is 30.9 Å². The second-order valence-electron chi connectivity index (χ2n) is 7.25. The lowest BCUT2D eigenvalue weighted by atomic mass is 9.89. The van der Waals surface area contributed by atoms with Crippen LogP contribution in [0.5, 0.6) is 0 Å². The highest BCUT2D eigenvalue weighted by Crippen LogP contribution is 2.28. The molecule has 0 aliphatic carbocycles. The highest BCUT2D eigenvalue weighted by Gasteiger charge is 2.28. The van der Waals surface area contributed by atoms with Crippen molar-refractivity contribution in [3.63, 3.8) is 0 Å². The Hall–Kier alpha value is -3.81. The van der Waals surface area contributed by atoms with Crippen molar-refractivity contribution in [3.8, 4) is 11.1 Å². The Balaban J connectivity index is 1.49. The number of rotatable bonds is 6. The molecule has 1 fully saturated rings. The number of nitrogens with two attached hydrogens (primary N) is 1. The third-order valence-electron chi connectivity index (χ3n) is 5.23. The Morgan fingerprint density at radius 1 is 1.20 bits per heavy atom. The monoisotopic (exact) mass is 403 g/mol. The largest absolute Gasteiger partial charge is 0.364 e. The molecule has 8 heteroatoms. The molecule has 0 saturated carbocycles. The zero-order valence-electron chi connectivity index (χ0n) is 16.2. The first-order valence-corrected chi connectivity index (χ1v) is 9.71. The zero-order chi connectivity index (χ0) is 21.1. The summed E-state index contributed by atoms with van der Waals surface area (Å²) in [5.41, 5.74) is 9.19. The molecule has 0 radical (unpaired) electrons. The molecule has 1 aliphatic rings. The number of amides is 3. The van der Waals surface area contributed by atoms with Crippen LogP contribution in [0.15, 0.2) is 55.0 Å². The van der Waals surface area contributed by atoms with Gasteiger partial charge in [-0.2, -0.15) is 5.10 Å². The van der Waals surface area contributed by atoms with Crippen LogP contribution in [0.2, 0.25) is 0 Å². The summed E-state index contributed by atoms with van der Waals surface area (Å²) >= 11 is 0. The maximum absolute atomic E-state index is 12.2. The fourth-order valence-electron chi connectivity index (χ4n) is 3.68. The van der Waals surface area contributed by atoms with Crippen LogP contribution >= 0.6 is 0 Å². The van der Waals surface area contributed by atoms with Crippen LogP contribution in [-0.4, -0.2) is 32.5 Å². The van der Waals surface area contributed by atoms with E-state index in [2.05, 4.69) is 15.4 Å². The van der Waals surface area contributed by atoms with Gasteiger partial charge in [0.05, 0.1) is 12.1 Å². The van der Waals surface area contributed by atoms with Crippen LogP contribution in [0.1, 0.15) is 40.4 Å². The molecule has 0 spiro atoms. The maximum Gasteiger partial charge on any atom is 0.267 e. The first kappa shape index (κ1) is 19.5. The molecule has 152 valence electrons. The van der Waals surface area contributed by atoms with E-state index >= 15 is 0 Å². The van der Waals surface area contributed by atoms with Gasteiger partial charge in [0.2, 0.25) is 11.8 Å².